The van der Waals surface area contributed by atoms with E-state index in [0.29, 0.717) is 10.7 Å². The molecule has 2 rings (SSSR count). The summed E-state index contributed by atoms with van der Waals surface area (Å²) in [5.41, 5.74) is 0.898. The molecular weight excluding hydrogens is 279 g/mol. The fourth-order valence-corrected chi connectivity index (χ4v) is 1.70. The summed E-state index contributed by atoms with van der Waals surface area (Å²) >= 11 is 9.15. The van der Waals surface area contributed by atoms with E-state index in [-0.39, 0.29) is 5.56 Å². The van der Waals surface area contributed by atoms with Gasteiger partial charge < -0.3 is 4.98 Å². The van der Waals surface area contributed by atoms with Crippen LogP contribution in [-0.4, -0.2) is 9.97 Å². The normalized spacial score (nSPS) is 10.3. The van der Waals surface area contributed by atoms with Crippen LogP contribution in [0.5, 0.6) is 0 Å². The Hall–Kier alpha value is -1.13. The fraction of sp³-hybridized carbons (Fsp3) is 0. The third-order valence-electron chi connectivity index (χ3n) is 1.90. The molecule has 0 saturated carbocycles. The zero-order valence-electron chi connectivity index (χ0n) is 7.50. The second-order valence-electron chi connectivity index (χ2n) is 2.90. The maximum Gasteiger partial charge on any atom is 0.274 e. The van der Waals surface area contributed by atoms with Gasteiger partial charge in [-0.25, -0.2) is 4.98 Å². The van der Waals surface area contributed by atoms with Gasteiger partial charge in [-0.05, 0) is 28.1 Å². The molecule has 0 radical (unpaired) electrons. The van der Waals surface area contributed by atoms with Crippen molar-refractivity contribution in [1.82, 2.24) is 9.97 Å². The van der Waals surface area contributed by atoms with Gasteiger partial charge >= 0.3 is 0 Å². The lowest BCUT2D eigenvalue weighted by Crippen LogP contribution is -2.09. The zero-order valence-corrected chi connectivity index (χ0v) is 9.84. The van der Waals surface area contributed by atoms with Gasteiger partial charge in [0, 0.05) is 22.4 Å². The van der Waals surface area contributed by atoms with Crippen LogP contribution < -0.4 is 5.56 Å². The van der Waals surface area contributed by atoms with Crippen LogP contribution in [0.2, 0.25) is 5.02 Å². The molecule has 5 heteroatoms. The first kappa shape index (κ1) is 10.4. The Morgan fingerprint density at radius 1 is 1.40 bits per heavy atom. The predicted octanol–water partition coefficient (Wildman–Crippen LogP) is 2.85. The molecule has 0 aliphatic heterocycles. The first-order valence-electron chi connectivity index (χ1n) is 4.17. The largest absolute Gasteiger partial charge is 0.326 e. The Bertz CT molecular complexity index is 553. The molecule has 0 atom stereocenters. The Balaban J connectivity index is 2.60. The molecule has 0 amide bonds. The highest BCUT2D eigenvalue weighted by Gasteiger charge is 2.05. The highest BCUT2D eigenvalue weighted by molar-refractivity contribution is 9.10. The van der Waals surface area contributed by atoms with Gasteiger partial charge in [-0.1, -0.05) is 17.7 Å². The minimum Gasteiger partial charge on any atom is -0.326 e. The summed E-state index contributed by atoms with van der Waals surface area (Å²) in [6.07, 6.45) is 3.04. The van der Waals surface area contributed by atoms with E-state index in [9.17, 15) is 4.79 Å². The number of halogens is 2. The number of aromatic amines is 1. The maximum atomic E-state index is 11.4. The van der Waals surface area contributed by atoms with Crippen LogP contribution in [0.4, 0.5) is 0 Å². The van der Waals surface area contributed by atoms with Crippen LogP contribution in [0.1, 0.15) is 0 Å². The second kappa shape index (κ2) is 4.16. The summed E-state index contributed by atoms with van der Waals surface area (Å²) in [6, 6.07) is 5.24. The topological polar surface area (TPSA) is 45.8 Å². The molecule has 1 N–H and O–H groups in total. The molecule has 15 heavy (non-hydrogen) atoms. The SMILES string of the molecule is O=c1[nH]ccnc1-c1ccc(Cl)c(Br)c1. The summed E-state index contributed by atoms with van der Waals surface area (Å²) in [7, 11) is 0. The Labute approximate surface area is 99.3 Å². The van der Waals surface area contributed by atoms with Gasteiger partial charge in [-0.2, -0.15) is 0 Å². The van der Waals surface area contributed by atoms with E-state index in [2.05, 4.69) is 25.9 Å². The van der Waals surface area contributed by atoms with Crippen molar-refractivity contribution < 1.29 is 0 Å². The van der Waals surface area contributed by atoms with E-state index in [1.54, 1.807) is 24.4 Å². The highest BCUT2D eigenvalue weighted by Crippen LogP contribution is 2.26. The van der Waals surface area contributed by atoms with Crippen LogP contribution in [0, 0.1) is 0 Å². The smallest absolute Gasteiger partial charge is 0.274 e. The molecule has 0 aliphatic carbocycles. The molecule has 0 saturated heterocycles. The molecule has 3 nitrogen and oxygen atoms in total. The van der Waals surface area contributed by atoms with Crippen molar-refractivity contribution in [3.05, 3.63) is 50.4 Å². The van der Waals surface area contributed by atoms with Crippen LogP contribution in [0.3, 0.4) is 0 Å². The molecule has 1 aromatic carbocycles. The highest BCUT2D eigenvalue weighted by atomic mass is 79.9. The Kier molecular flexibility index (Phi) is 2.88. The molecule has 1 aromatic heterocycles. The van der Waals surface area contributed by atoms with Crippen molar-refractivity contribution in [1.29, 1.82) is 0 Å². The second-order valence-corrected chi connectivity index (χ2v) is 4.16. The van der Waals surface area contributed by atoms with Crippen molar-refractivity contribution in [2.75, 3.05) is 0 Å². The van der Waals surface area contributed by atoms with Gasteiger partial charge in [0.15, 0.2) is 0 Å². The molecule has 0 unspecified atom stereocenters. The van der Waals surface area contributed by atoms with E-state index < -0.39 is 0 Å². The number of rotatable bonds is 1. The van der Waals surface area contributed by atoms with Gasteiger partial charge in [0.25, 0.3) is 5.56 Å². The number of nitrogens with zero attached hydrogens (tertiary/aromatic N) is 1. The van der Waals surface area contributed by atoms with E-state index in [0.717, 1.165) is 10.0 Å². The first-order chi connectivity index (χ1) is 7.18. The number of hydrogen-bond donors (Lipinski definition) is 1. The summed E-state index contributed by atoms with van der Waals surface area (Å²) in [4.78, 5) is 18.0. The summed E-state index contributed by atoms with van der Waals surface area (Å²) in [5, 5.41) is 0.603. The number of benzene rings is 1. The number of nitrogens with one attached hydrogen (secondary N) is 1. The monoisotopic (exact) mass is 284 g/mol. The molecule has 0 bridgehead atoms. The minimum absolute atomic E-state index is 0.216. The predicted molar refractivity (Wildman–Crippen MR) is 63.0 cm³/mol. The lowest BCUT2D eigenvalue weighted by Gasteiger charge is -2.01. The fourth-order valence-electron chi connectivity index (χ4n) is 1.20. The van der Waals surface area contributed by atoms with Gasteiger partial charge in [-0.3, -0.25) is 4.79 Å². The van der Waals surface area contributed by atoms with Gasteiger partial charge in [0.1, 0.15) is 5.69 Å². The lowest BCUT2D eigenvalue weighted by molar-refractivity contribution is 1.14. The van der Waals surface area contributed by atoms with Crippen molar-refractivity contribution in [2.24, 2.45) is 0 Å². The third-order valence-corrected chi connectivity index (χ3v) is 3.11. The van der Waals surface area contributed by atoms with Gasteiger partial charge in [0.05, 0.1) is 5.02 Å². The molecule has 76 valence electrons. The quantitative estimate of drug-likeness (QED) is 0.876. The Morgan fingerprint density at radius 3 is 2.87 bits per heavy atom. The molecule has 2 aromatic rings. The Morgan fingerprint density at radius 2 is 2.20 bits per heavy atom. The van der Waals surface area contributed by atoms with Crippen LogP contribution >= 0.6 is 27.5 Å². The van der Waals surface area contributed by atoms with Crippen molar-refractivity contribution in [3.63, 3.8) is 0 Å². The average molecular weight is 286 g/mol. The zero-order chi connectivity index (χ0) is 10.8. The van der Waals surface area contributed by atoms with E-state index in [4.69, 9.17) is 11.6 Å². The van der Waals surface area contributed by atoms with E-state index in [1.165, 1.54) is 6.20 Å². The third kappa shape index (κ3) is 2.11. The molecule has 1 heterocycles. The van der Waals surface area contributed by atoms with Crippen molar-refractivity contribution >= 4 is 27.5 Å². The summed E-state index contributed by atoms with van der Waals surface area (Å²) in [6.45, 7) is 0. The molecular formula is C10H6BrClN2O. The van der Waals surface area contributed by atoms with E-state index >= 15 is 0 Å². The van der Waals surface area contributed by atoms with Crippen LogP contribution in [-0.2, 0) is 0 Å². The van der Waals surface area contributed by atoms with Crippen molar-refractivity contribution in [2.45, 2.75) is 0 Å². The average Bonchev–Trinajstić information content (AvgIpc) is 2.23. The maximum absolute atomic E-state index is 11.4. The lowest BCUT2D eigenvalue weighted by atomic mass is 10.2. The summed E-state index contributed by atoms with van der Waals surface area (Å²) in [5.74, 6) is 0. The van der Waals surface area contributed by atoms with Crippen LogP contribution in [0.15, 0.2) is 39.9 Å². The van der Waals surface area contributed by atoms with Gasteiger partial charge in [0.2, 0.25) is 0 Å². The standard InChI is InChI=1S/C10H6BrClN2O/c11-7-5-6(1-2-8(7)12)9-10(15)14-4-3-13-9/h1-5H,(H,14,15). The van der Waals surface area contributed by atoms with E-state index in [1.807, 2.05) is 0 Å². The number of H-pyrrole nitrogens is 1. The van der Waals surface area contributed by atoms with Crippen molar-refractivity contribution in [3.8, 4) is 11.3 Å². The molecule has 0 fully saturated rings. The molecule has 0 spiro atoms. The first-order valence-corrected chi connectivity index (χ1v) is 5.34. The number of aromatic nitrogens is 2. The summed E-state index contributed by atoms with van der Waals surface area (Å²) < 4.78 is 0.742. The van der Waals surface area contributed by atoms with Crippen LogP contribution in [0.25, 0.3) is 11.3 Å². The number of hydrogen-bond acceptors (Lipinski definition) is 2. The van der Waals surface area contributed by atoms with Gasteiger partial charge in [-0.15, -0.1) is 0 Å². The molecule has 0 aliphatic rings. The minimum atomic E-state index is -0.216.